The largest absolute Gasteiger partial charge is 0.488 e. The molecule has 8 nitrogen and oxygen atoms in total. The molecule has 5 rings (SSSR count). The number of pyridine rings is 1. The average molecular weight is 445 g/mol. The molecular weight excluding hydrogens is 425 g/mol. The lowest BCUT2D eigenvalue weighted by molar-refractivity contribution is 0.195. The molecule has 166 valence electrons. The summed E-state index contributed by atoms with van der Waals surface area (Å²) in [6, 6.07) is 16.5. The van der Waals surface area contributed by atoms with E-state index < -0.39 is 5.82 Å². The number of aromatic nitrogens is 3. The number of nitrogens with one attached hydrogen (secondary N) is 1. The number of urea groups is 1. The third-order valence-corrected chi connectivity index (χ3v) is 5.28. The Labute approximate surface area is 189 Å². The number of carbonyl (C=O) groups is 1. The van der Waals surface area contributed by atoms with Crippen LogP contribution in [0.2, 0.25) is 0 Å². The van der Waals surface area contributed by atoms with Crippen LogP contribution in [0.5, 0.6) is 5.75 Å². The maximum absolute atomic E-state index is 13.4. The molecule has 1 aliphatic rings. The highest BCUT2D eigenvalue weighted by atomic mass is 19.1. The van der Waals surface area contributed by atoms with Crippen molar-refractivity contribution < 1.29 is 18.4 Å². The summed E-state index contributed by atoms with van der Waals surface area (Å²) in [7, 11) is 0. The number of benzene rings is 2. The summed E-state index contributed by atoms with van der Waals surface area (Å²) in [5.41, 5.74) is 1.89. The summed E-state index contributed by atoms with van der Waals surface area (Å²) < 4.78 is 25.1. The first kappa shape index (κ1) is 20.6. The van der Waals surface area contributed by atoms with Crippen LogP contribution in [0.1, 0.15) is 6.42 Å². The molecule has 2 amide bonds. The SMILES string of the molecule is O=C(Nc1cccc(F)c1)N1CCC(Oc2ccccc2-c2nc(-c3ccncc3)no2)C1. The average Bonchev–Trinajstić information content (AvgIpc) is 3.50. The summed E-state index contributed by atoms with van der Waals surface area (Å²) in [4.78, 5) is 22.7. The number of anilines is 1. The van der Waals surface area contributed by atoms with E-state index in [-0.39, 0.29) is 12.1 Å². The predicted octanol–water partition coefficient (Wildman–Crippen LogP) is 4.62. The smallest absolute Gasteiger partial charge is 0.321 e. The standard InChI is InChI=1S/C24H20FN5O3/c25-17-4-3-5-18(14-17)27-24(31)30-13-10-19(15-30)32-21-7-2-1-6-20(21)23-28-22(29-33-23)16-8-11-26-12-9-16/h1-9,11-12,14,19H,10,13,15H2,(H,27,31). The Kier molecular flexibility index (Phi) is 5.67. The minimum atomic E-state index is -0.403. The Hall–Kier alpha value is -4.27. The maximum atomic E-state index is 13.4. The molecule has 9 heteroatoms. The number of carbonyl (C=O) groups excluding carboxylic acids is 1. The first-order valence-electron chi connectivity index (χ1n) is 10.5. The van der Waals surface area contributed by atoms with Crippen LogP contribution < -0.4 is 10.1 Å². The second kappa shape index (κ2) is 9.07. The summed E-state index contributed by atoms with van der Waals surface area (Å²) in [5, 5.41) is 6.78. The van der Waals surface area contributed by atoms with E-state index in [0.29, 0.717) is 48.2 Å². The van der Waals surface area contributed by atoms with Crippen LogP contribution in [0.4, 0.5) is 14.9 Å². The zero-order valence-corrected chi connectivity index (χ0v) is 17.5. The van der Waals surface area contributed by atoms with Crippen LogP contribution in [0, 0.1) is 5.82 Å². The van der Waals surface area contributed by atoms with Gasteiger partial charge in [-0.05, 0) is 42.5 Å². The number of hydrogen-bond acceptors (Lipinski definition) is 6. The zero-order chi connectivity index (χ0) is 22.6. The van der Waals surface area contributed by atoms with Gasteiger partial charge >= 0.3 is 6.03 Å². The zero-order valence-electron chi connectivity index (χ0n) is 17.5. The number of amides is 2. The van der Waals surface area contributed by atoms with Crippen LogP contribution in [0.15, 0.2) is 77.6 Å². The molecule has 1 unspecified atom stereocenters. The topological polar surface area (TPSA) is 93.4 Å². The lowest BCUT2D eigenvalue weighted by Gasteiger charge is -2.18. The van der Waals surface area contributed by atoms with Crippen molar-refractivity contribution in [1.29, 1.82) is 0 Å². The van der Waals surface area contributed by atoms with Gasteiger partial charge in [-0.1, -0.05) is 23.4 Å². The number of ether oxygens (including phenoxy) is 1. The van der Waals surface area contributed by atoms with E-state index in [0.717, 1.165) is 5.56 Å². The Bertz CT molecular complexity index is 1260. The second-order valence-electron chi connectivity index (χ2n) is 7.57. The molecule has 0 saturated carbocycles. The predicted molar refractivity (Wildman–Crippen MR) is 119 cm³/mol. The first-order chi connectivity index (χ1) is 16.2. The number of likely N-dealkylation sites (tertiary alicyclic amines) is 1. The van der Waals surface area contributed by atoms with Crippen LogP contribution in [-0.2, 0) is 0 Å². The summed E-state index contributed by atoms with van der Waals surface area (Å²) in [6.07, 6.45) is 3.79. The van der Waals surface area contributed by atoms with Crippen molar-refractivity contribution in [3.63, 3.8) is 0 Å². The van der Waals surface area contributed by atoms with Gasteiger partial charge < -0.3 is 19.5 Å². The highest BCUT2D eigenvalue weighted by Gasteiger charge is 2.29. The molecule has 2 aromatic heterocycles. The van der Waals surface area contributed by atoms with Gasteiger partial charge in [0.15, 0.2) is 0 Å². The normalized spacial score (nSPS) is 15.4. The van der Waals surface area contributed by atoms with E-state index in [1.807, 2.05) is 24.3 Å². The monoisotopic (exact) mass is 445 g/mol. The van der Waals surface area contributed by atoms with E-state index in [9.17, 15) is 9.18 Å². The summed E-state index contributed by atoms with van der Waals surface area (Å²) in [5.74, 6) is 0.999. The highest BCUT2D eigenvalue weighted by molar-refractivity contribution is 5.89. The molecular formula is C24H20FN5O3. The molecule has 4 aromatic rings. The fourth-order valence-electron chi connectivity index (χ4n) is 3.65. The van der Waals surface area contributed by atoms with E-state index in [1.165, 1.54) is 12.1 Å². The molecule has 3 heterocycles. The van der Waals surface area contributed by atoms with E-state index in [2.05, 4.69) is 20.4 Å². The fraction of sp³-hybridized carbons (Fsp3) is 0.167. The van der Waals surface area contributed by atoms with Crippen molar-refractivity contribution in [2.75, 3.05) is 18.4 Å². The number of nitrogens with zero attached hydrogens (tertiary/aromatic N) is 4. The summed E-state index contributed by atoms with van der Waals surface area (Å²) >= 11 is 0. The molecule has 1 N–H and O–H groups in total. The molecule has 33 heavy (non-hydrogen) atoms. The van der Waals surface area contributed by atoms with Crippen molar-refractivity contribution in [1.82, 2.24) is 20.0 Å². The molecule has 0 aliphatic carbocycles. The highest BCUT2D eigenvalue weighted by Crippen LogP contribution is 2.32. The molecule has 1 saturated heterocycles. The molecule has 1 fully saturated rings. The van der Waals surface area contributed by atoms with Crippen molar-refractivity contribution in [3.05, 3.63) is 78.9 Å². The molecule has 0 radical (unpaired) electrons. The number of rotatable bonds is 5. The van der Waals surface area contributed by atoms with Gasteiger partial charge in [-0.2, -0.15) is 4.98 Å². The Morgan fingerprint density at radius 1 is 1.12 bits per heavy atom. The van der Waals surface area contributed by atoms with Crippen LogP contribution in [-0.4, -0.2) is 45.2 Å². The van der Waals surface area contributed by atoms with Crippen LogP contribution in [0.3, 0.4) is 0 Å². The van der Waals surface area contributed by atoms with Gasteiger partial charge in [0.05, 0.1) is 12.1 Å². The van der Waals surface area contributed by atoms with E-state index >= 15 is 0 Å². The lowest BCUT2D eigenvalue weighted by Crippen LogP contribution is -2.34. The van der Waals surface area contributed by atoms with Gasteiger partial charge in [0.25, 0.3) is 5.89 Å². The van der Waals surface area contributed by atoms with Crippen molar-refractivity contribution in [2.24, 2.45) is 0 Å². The van der Waals surface area contributed by atoms with Crippen molar-refractivity contribution >= 4 is 11.7 Å². The van der Waals surface area contributed by atoms with E-state index in [4.69, 9.17) is 9.26 Å². The minimum absolute atomic E-state index is 0.202. The molecule has 1 aliphatic heterocycles. The maximum Gasteiger partial charge on any atom is 0.321 e. The number of para-hydroxylation sites is 1. The third kappa shape index (κ3) is 4.67. The van der Waals surface area contributed by atoms with Crippen LogP contribution >= 0.6 is 0 Å². The minimum Gasteiger partial charge on any atom is -0.488 e. The second-order valence-corrected chi connectivity index (χ2v) is 7.57. The molecule has 0 bridgehead atoms. The number of hydrogen-bond donors (Lipinski definition) is 1. The third-order valence-electron chi connectivity index (χ3n) is 5.28. The van der Waals surface area contributed by atoms with Gasteiger partial charge in [-0.3, -0.25) is 4.98 Å². The van der Waals surface area contributed by atoms with Crippen molar-refractivity contribution in [3.8, 4) is 28.6 Å². The Morgan fingerprint density at radius 2 is 1.97 bits per heavy atom. The van der Waals surface area contributed by atoms with Crippen molar-refractivity contribution in [2.45, 2.75) is 12.5 Å². The molecule has 1 atom stereocenters. The molecule has 2 aromatic carbocycles. The lowest BCUT2D eigenvalue weighted by atomic mass is 10.2. The fourth-order valence-corrected chi connectivity index (χ4v) is 3.65. The molecule has 0 spiro atoms. The summed E-state index contributed by atoms with van der Waals surface area (Å²) in [6.45, 7) is 0.933. The Morgan fingerprint density at radius 3 is 2.82 bits per heavy atom. The Balaban J connectivity index is 1.27. The van der Waals surface area contributed by atoms with Gasteiger partial charge in [-0.25, -0.2) is 9.18 Å². The van der Waals surface area contributed by atoms with E-state index in [1.54, 1.807) is 41.6 Å². The number of halogens is 1. The van der Waals surface area contributed by atoms with Gasteiger partial charge in [0.2, 0.25) is 5.82 Å². The van der Waals surface area contributed by atoms with Gasteiger partial charge in [-0.15, -0.1) is 0 Å². The van der Waals surface area contributed by atoms with Crippen LogP contribution in [0.25, 0.3) is 22.8 Å². The quantitative estimate of drug-likeness (QED) is 0.482. The first-order valence-corrected chi connectivity index (χ1v) is 10.5. The van der Waals surface area contributed by atoms with Gasteiger partial charge in [0.1, 0.15) is 17.7 Å². The van der Waals surface area contributed by atoms with Gasteiger partial charge in [0, 0.05) is 36.6 Å².